The van der Waals surface area contributed by atoms with Crippen molar-refractivity contribution in [3.8, 4) is 27.9 Å². The van der Waals surface area contributed by atoms with Gasteiger partial charge in [0, 0.05) is 61.0 Å². The average molecular weight is 743 g/mol. The van der Waals surface area contributed by atoms with Gasteiger partial charge >= 0.3 is 0 Å². The predicted octanol–water partition coefficient (Wildman–Crippen LogP) is 15.4. The molecule has 0 unspecified atom stereocenters. The fourth-order valence-electron chi connectivity index (χ4n) is 8.97. The first kappa shape index (κ1) is 32.4. The largest absolute Gasteiger partial charge is 0.456 e. The standard InChI is InChI=1S/C54H34N2O2/c1-3-14-35(15-4-1)36-26-28-38(29-27-36)55(39-30-31-42-41-19-8-11-23-50(41)58-53(42)32-39)48-34-49-45(40-18-7-10-22-47(40)56(49)37-16-5-2-6-17-37)33-46(48)43-21-13-25-52-54(43)44-20-9-12-24-51(44)57-52/h1-34H. The molecule has 272 valence electrons. The van der Waals surface area contributed by atoms with Crippen LogP contribution in [0.25, 0.3) is 93.6 Å². The van der Waals surface area contributed by atoms with Crippen molar-refractivity contribution in [3.63, 3.8) is 0 Å². The molecule has 0 N–H and O–H groups in total. The summed E-state index contributed by atoms with van der Waals surface area (Å²) in [7, 11) is 0. The molecular weight excluding hydrogens is 709 g/mol. The molecule has 0 saturated carbocycles. The molecule has 3 heterocycles. The van der Waals surface area contributed by atoms with Crippen LogP contribution in [-0.4, -0.2) is 4.57 Å². The molecule has 0 aliphatic carbocycles. The molecule has 3 aromatic heterocycles. The van der Waals surface area contributed by atoms with Gasteiger partial charge in [-0.3, -0.25) is 0 Å². The van der Waals surface area contributed by atoms with Crippen LogP contribution in [0.4, 0.5) is 17.1 Å². The van der Waals surface area contributed by atoms with Gasteiger partial charge in [-0.05, 0) is 89.5 Å². The van der Waals surface area contributed by atoms with E-state index in [4.69, 9.17) is 8.83 Å². The Labute approximate surface area is 334 Å². The van der Waals surface area contributed by atoms with E-state index in [2.05, 4.69) is 198 Å². The topological polar surface area (TPSA) is 34.5 Å². The molecule has 0 aliphatic rings. The molecule has 9 aromatic carbocycles. The van der Waals surface area contributed by atoms with Gasteiger partial charge in [0.15, 0.2) is 0 Å². The van der Waals surface area contributed by atoms with Gasteiger partial charge in [-0.1, -0.05) is 127 Å². The highest BCUT2D eigenvalue weighted by Crippen LogP contribution is 2.49. The maximum Gasteiger partial charge on any atom is 0.137 e. The Bertz CT molecular complexity index is 3500. The minimum Gasteiger partial charge on any atom is -0.456 e. The van der Waals surface area contributed by atoms with Crippen LogP contribution < -0.4 is 4.90 Å². The monoisotopic (exact) mass is 742 g/mol. The summed E-state index contributed by atoms with van der Waals surface area (Å²) in [4.78, 5) is 2.39. The molecule has 12 rings (SSSR count). The lowest BCUT2D eigenvalue weighted by atomic mass is 9.95. The summed E-state index contributed by atoms with van der Waals surface area (Å²) in [6.45, 7) is 0. The number of aromatic nitrogens is 1. The lowest BCUT2D eigenvalue weighted by Gasteiger charge is -2.29. The van der Waals surface area contributed by atoms with Crippen LogP contribution in [0.1, 0.15) is 0 Å². The average Bonchev–Trinajstić information content (AvgIpc) is 3.96. The maximum absolute atomic E-state index is 6.55. The van der Waals surface area contributed by atoms with Crippen LogP contribution in [-0.2, 0) is 0 Å². The summed E-state index contributed by atoms with van der Waals surface area (Å²) in [5.74, 6) is 0. The van der Waals surface area contributed by atoms with Crippen molar-refractivity contribution in [3.05, 3.63) is 206 Å². The highest BCUT2D eigenvalue weighted by Gasteiger charge is 2.25. The fraction of sp³-hybridized carbons (Fsp3) is 0. The Hall–Kier alpha value is -7.82. The molecule has 4 nitrogen and oxygen atoms in total. The first-order valence-corrected chi connectivity index (χ1v) is 19.7. The molecule has 58 heavy (non-hydrogen) atoms. The number of hydrogen-bond donors (Lipinski definition) is 0. The lowest BCUT2D eigenvalue weighted by Crippen LogP contribution is -2.11. The summed E-state index contributed by atoms with van der Waals surface area (Å²) in [5, 5.41) is 6.76. The van der Waals surface area contributed by atoms with Crippen LogP contribution in [0, 0.1) is 0 Å². The number of fused-ring (bicyclic) bond motifs is 9. The summed E-state index contributed by atoms with van der Waals surface area (Å²) >= 11 is 0. The zero-order valence-corrected chi connectivity index (χ0v) is 31.3. The van der Waals surface area contributed by atoms with Gasteiger partial charge < -0.3 is 18.3 Å². The molecular formula is C54H34N2O2. The normalized spacial score (nSPS) is 11.8. The zero-order chi connectivity index (χ0) is 38.2. The third-order valence-electron chi connectivity index (χ3n) is 11.6. The number of hydrogen-bond acceptors (Lipinski definition) is 3. The quantitative estimate of drug-likeness (QED) is 0.170. The second-order valence-corrected chi connectivity index (χ2v) is 14.9. The van der Waals surface area contributed by atoms with Crippen LogP contribution >= 0.6 is 0 Å². The number of rotatable bonds is 6. The molecule has 0 atom stereocenters. The van der Waals surface area contributed by atoms with E-state index in [0.717, 1.165) is 94.4 Å². The van der Waals surface area contributed by atoms with Crippen LogP contribution in [0.5, 0.6) is 0 Å². The molecule has 4 heteroatoms. The van der Waals surface area contributed by atoms with Gasteiger partial charge in [0.05, 0.1) is 16.7 Å². The van der Waals surface area contributed by atoms with E-state index in [0.29, 0.717) is 0 Å². The van der Waals surface area contributed by atoms with E-state index in [9.17, 15) is 0 Å². The second kappa shape index (κ2) is 12.9. The van der Waals surface area contributed by atoms with Gasteiger partial charge in [0.2, 0.25) is 0 Å². The van der Waals surface area contributed by atoms with Crippen molar-refractivity contribution >= 4 is 82.7 Å². The van der Waals surface area contributed by atoms with Crippen molar-refractivity contribution < 1.29 is 8.83 Å². The van der Waals surface area contributed by atoms with Crippen LogP contribution in [0.3, 0.4) is 0 Å². The SMILES string of the molecule is c1ccc(-c2ccc(N(c3ccc4c(c3)oc3ccccc34)c3cc4c(cc3-c3cccc5oc6ccccc6c35)c3ccccc3n4-c3ccccc3)cc2)cc1. The summed E-state index contributed by atoms with van der Waals surface area (Å²) in [6.07, 6.45) is 0. The van der Waals surface area contributed by atoms with Crippen molar-refractivity contribution in [2.24, 2.45) is 0 Å². The smallest absolute Gasteiger partial charge is 0.137 e. The third-order valence-corrected chi connectivity index (χ3v) is 11.6. The van der Waals surface area contributed by atoms with E-state index in [-0.39, 0.29) is 0 Å². The first-order chi connectivity index (χ1) is 28.8. The van der Waals surface area contributed by atoms with Gasteiger partial charge in [-0.2, -0.15) is 0 Å². The Morgan fingerprint density at radius 3 is 1.76 bits per heavy atom. The summed E-state index contributed by atoms with van der Waals surface area (Å²) < 4.78 is 15.4. The molecule has 0 saturated heterocycles. The number of furan rings is 2. The van der Waals surface area contributed by atoms with E-state index in [1.165, 1.54) is 16.3 Å². The highest BCUT2D eigenvalue weighted by atomic mass is 16.3. The Balaban J connectivity index is 1.21. The first-order valence-electron chi connectivity index (χ1n) is 19.7. The van der Waals surface area contributed by atoms with E-state index < -0.39 is 0 Å². The maximum atomic E-state index is 6.55. The molecule has 12 aromatic rings. The van der Waals surface area contributed by atoms with Crippen LogP contribution in [0.2, 0.25) is 0 Å². The van der Waals surface area contributed by atoms with Gasteiger partial charge in [-0.15, -0.1) is 0 Å². The second-order valence-electron chi connectivity index (χ2n) is 14.9. The number of nitrogens with zero attached hydrogens (tertiary/aromatic N) is 2. The number of benzene rings is 9. The molecule has 0 amide bonds. The summed E-state index contributed by atoms with van der Waals surface area (Å²) in [6, 6.07) is 73.3. The lowest BCUT2D eigenvalue weighted by molar-refractivity contribution is 0.668. The van der Waals surface area contributed by atoms with Crippen molar-refractivity contribution in [2.45, 2.75) is 0 Å². The van der Waals surface area contributed by atoms with Crippen LogP contribution in [0.15, 0.2) is 215 Å². The van der Waals surface area contributed by atoms with Gasteiger partial charge in [-0.25, -0.2) is 0 Å². The predicted molar refractivity (Wildman–Crippen MR) is 241 cm³/mol. The fourth-order valence-corrected chi connectivity index (χ4v) is 8.97. The van der Waals surface area contributed by atoms with Crippen molar-refractivity contribution in [1.29, 1.82) is 0 Å². The minimum absolute atomic E-state index is 0.841. The van der Waals surface area contributed by atoms with E-state index in [1.807, 2.05) is 18.2 Å². The molecule has 0 spiro atoms. The third kappa shape index (κ3) is 5.02. The molecule has 0 radical (unpaired) electrons. The van der Waals surface area contributed by atoms with E-state index in [1.54, 1.807) is 0 Å². The summed E-state index contributed by atoms with van der Waals surface area (Å²) in [5.41, 5.74) is 14.4. The van der Waals surface area contributed by atoms with Crippen molar-refractivity contribution in [1.82, 2.24) is 4.57 Å². The molecule has 0 aliphatic heterocycles. The molecule has 0 fully saturated rings. The highest BCUT2D eigenvalue weighted by molar-refractivity contribution is 6.18. The van der Waals surface area contributed by atoms with E-state index >= 15 is 0 Å². The number of para-hydroxylation sites is 4. The zero-order valence-electron chi connectivity index (χ0n) is 31.3. The molecule has 0 bridgehead atoms. The Morgan fingerprint density at radius 1 is 0.345 bits per heavy atom. The Kier molecular flexibility index (Phi) is 7.20. The number of anilines is 3. The van der Waals surface area contributed by atoms with Gasteiger partial charge in [0.25, 0.3) is 0 Å². The van der Waals surface area contributed by atoms with Crippen molar-refractivity contribution in [2.75, 3.05) is 4.90 Å². The minimum atomic E-state index is 0.841. The Morgan fingerprint density at radius 2 is 0.948 bits per heavy atom. The van der Waals surface area contributed by atoms with Gasteiger partial charge in [0.1, 0.15) is 22.3 Å².